The average Bonchev–Trinajstić information content (AvgIpc) is 2.45. The molecule has 1 aromatic rings. The quantitative estimate of drug-likeness (QED) is 0.606. The molecule has 0 bridgehead atoms. The molecule has 1 atom stereocenters. The van der Waals surface area contributed by atoms with Gasteiger partial charge in [0.05, 0.1) is 0 Å². The van der Waals surface area contributed by atoms with E-state index >= 15 is 0 Å². The molecule has 3 rings (SSSR count). The Kier molecular flexibility index (Phi) is 2.16. The highest BCUT2D eigenvalue weighted by Gasteiger charge is 2.37. The maximum absolute atomic E-state index is 2.41. The fraction of sp³-hybridized carbons (Fsp3) is 0.294. The van der Waals surface area contributed by atoms with Crippen molar-refractivity contribution < 1.29 is 0 Å². The first-order valence-corrected chi connectivity index (χ1v) is 6.32. The minimum Gasteiger partial charge on any atom is -0.0779 e. The number of allylic oxidation sites excluding steroid dienone is 6. The fourth-order valence-electron chi connectivity index (χ4n) is 3.01. The molecule has 0 aromatic heterocycles. The Hall–Kier alpha value is -1.56. The second-order valence-electron chi connectivity index (χ2n) is 5.58. The molecule has 0 unspecified atom stereocenters. The third kappa shape index (κ3) is 1.44. The van der Waals surface area contributed by atoms with Crippen LogP contribution in [0.1, 0.15) is 31.9 Å². The third-order valence-electron chi connectivity index (χ3n) is 3.96. The summed E-state index contributed by atoms with van der Waals surface area (Å²) in [7, 11) is 0. The van der Waals surface area contributed by atoms with E-state index in [0.29, 0.717) is 5.92 Å². The molecule has 0 saturated heterocycles. The van der Waals surface area contributed by atoms with Crippen LogP contribution in [0.25, 0.3) is 5.57 Å². The molecule has 0 radical (unpaired) electrons. The zero-order valence-corrected chi connectivity index (χ0v) is 10.7. The van der Waals surface area contributed by atoms with Gasteiger partial charge in [0.15, 0.2) is 0 Å². The highest BCUT2D eigenvalue weighted by molar-refractivity contribution is 5.90. The van der Waals surface area contributed by atoms with Crippen molar-refractivity contribution in [3.63, 3.8) is 0 Å². The Morgan fingerprint density at radius 1 is 1.12 bits per heavy atom. The molecule has 2 aliphatic carbocycles. The lowest BCUT2D eigenvalue weighted by molar-refractivity contribution is 0.653. The van der Waals surface area contributed by atoms with Gasteiger partial charge in [0.25, 0.3) is 0 Å². The number of hydrogen-bond acceptors (Lipinski definition) is 0. The van der Waals surface area contributed by atoms with E-state index in [-0.39, 0.29) is 5.41 Å². The summed E-state index contributed by atoms with van der Waals surface area (Å²) in [5.74, 6) is 0.521. The monoisotopic (exact) mass is 222 g/mol. The standard InChI is InChI=1S/C17H18/c1-12-7-6-9-14-13-8-4-5-10-15(13)17(2,3)16(14)11-12/h4-12H,1-3H3/t12-/m0/s1. The van der Waals surface area contributed by atoms with E-state index in [0.717, 1.165) is 0 Å². The molecule has 0 heteroatoms. The summed E-state index contributed by atoms with van der Waals surface area (Å²) in [5, 5.41) is 0. The molecule has 1 aromatic carbocycles. The van der Waals surface area contributed by atoms with Crippen LogP contribution in [0, 0.1) is 5.92 Å². The predicted molar refractivity (Wildman–Crippen MR) is 73.8 cm³/mol. The topological polar surface area (TPSA) is 0 Å². The third-order valence-corrected chi connectivity index (χ3v) is 3.96. The van der Waals surface area contributed by atoms with Crippen molar-refractivity contribution in [2.24, 2.45) is 5.92 Å². The second-order valence-corrected chi connectivity index (χ2v) is 5.58. The number of hydrogen-bond donors (Lipinski definition) is 0. The average molecular weight is 222 g/mol. The molecule has 0 fully saturated rings. The highest BCUT2D eigenvalue weighted by Crippen LogP contribution is 2.50. The van der Waals surface area contributed by atoms with Gasteiger partial charge in [0.2, 0.25) is 0 Å². The van der Waals surface area contributed by atoms with Crippen LogP contribution in [0.3, 0.4) is 0 Å². The second kappa shape index (κ2) is 3.46. The summed E-state index contributed by atoms with van der Waals surface area (Å²) in [6, 6.07) is 8.79. The summed E-state index contributed by atoms with van der Waals surface area (Å²) >= 11 is 0. The van der Waals surface area contributed by atoms with Crippen molar-refractivity contribution >= 4 is 5.57 Å². The normalized spacial score (nSPS) is 24.5. The van der Waals surface area contributed by atoms with Gasteiger partial charge < -0.3 is 0 Å². The van der Waals surface area contributed by atoms with Gasteiger partial charge in [-0.3, -0.25) is 0 Å². The molecule has 2 aliphatic rings. The van der Waals surface area contributed by atoms with Gasteiger partial charge in [-0.15, -0.1) is 0 Å². The molecule has 86 valence electrons. The van der Waals surface area contributed by atoms with Gasteiger partial charge >= 0.3 is 0 Å². The summed E-state index contributed by atoms with van der Waals surface area (Å²) in [6.07, 6.45) is 9.14. The van der Waals surface area contributed by atoms with Crippen molar-refractivity contribution in [2.75, 3.05) is 0 Å². The van der Waals surface area contributed by atoms with E-state index in [4.69, 9.17) is 0 Å². The van der Waals surface area contributed by atoms with Gasteiger partial charge in [-0.2, -0.15) is 0 Å². The summed E-state index contributed by atoms with van der Waals surface area (Å²) in [4.78, 5) is 0. The van der Waals surface area contributed by atoms with Gasteiger partial charge in [-0.25, -0.2) is 0 Å². The smallest absolute Gasteiger partial charge is 0.0155 e. The molecule has 0 aliphatic heterocycles. The minimum absolute atomic E-state index is 0.142. The van der Waals surface area contributed by atoms with E-state index in [1.807, 2.05) is 0 Å². The first-order chi connectivity index (χ1) is 8.10. The molecule has 0 saturated carbocycles. The van der Waals surface area contributed by atoms with Gasteiger partial charge in [-0.05, 0) is 28.2 Å². The van der Waals surface area contributed by atoms with Gasteiger partial charge in [0, 0.05) is 5.41 Å². The van der Waals surface area contributed by atoms with E-state index < -0.39 is 0 Å². The predicted octanol–water partition coefficient (Wildman–Crippen LogP) is 4.49. The Labute approximate surface area is 103 Å². The Bertz CT molecular complexity index is 553. The molecule has 0 amide bonds. The molecular weight excluding hydrogens is 204 g/mol. The zero-order chi connectivity index (χ0) is 12.0. The maximum atomic E-state index is 2.41. The Morgan fingerprint density at radius 2 is 1.88 bits per heavy atom. The van der Waals surface area contributed by atoms with Crippen LogP contribution < -0.4 is 0 Å². The number of rotatable bonds is 0. The van der Waals surface area contributed by atoms with Crippen LogP contribution in [0.4, 0.5) is 0 Å². The van der Waals surface area contributed by atoms with E-state index in [1.54, 1.807) is 0 Å². The van der Waals surface area contributed by atoms with Crippen molar-refractivity contribution in [3.05, 3.63) is 65.3 Å². The van der Waals surface area contributed by atoms with Crippen LogP contribution in [0.2, 0.25) is 0 Å². The van der Waals surface area contributed by atoms with E-state index in [1.165, 1.54) is 22.3 Å². The van der Waals surface area contributed by atoms with Crippen LogP contribution in [0.15, 0.2) is 54.1 Å². The molecule has 0 spiro atoms. The van der Waals surface area contributed by atoms with Crippen molar-refractivity contribution in [3.8, 4) is 0 Å². The van der Waals surface area contributed by atoms with Gasteiger partial charge in [-0.1, -0.05) is 69.3 Å². The first-order valence-electron chi connectivity index (χ1n) is 6.32. The summed E-state index contributed by atoms with van der Waals surface area (Å²) in [5.41, 5.74) is 5.90. The molecule has 0 nitrogen and oxygen atoms in total. The van der Waals surface area contributed by atoms with Crippen LogP contribution in [-0.2, 0) is 5.41 Å². The Balaban J connectivity index is 2.31. The number of fused-ring (bicyclic) bond motifs is 3. The fourth-order valence-corrected chi connectivity index (χ4v) is 3.01. The van der Waals surface area contributed by atoms with Gasteiger partial charge in [0.1, 0.15) is 0 Å². The SMILES string of the molecule is C[C@H]1C=CC=C2C(=C1)C(C)(C)c1ccccc12. The van der Waals surface area contributed by atoms with Crippen molar-refractivity contribution in [1.82, 2.24) is 0 Å². The lowest BCUT2D eigenvalue weighted by Gasteiger charge is -2.22. The lowest BCUT2D eigenvalue weighted by atomic mass is 9.81. The van der Waals surface area contributed by atoms with E-state index in [2.05, 4.69) is 69.3 Å². The first kappa shape index (κ1) is 10.6. The summed E-state index contributed by atoms with van der Waals surface area (Å²) < 4.78 is 0. The lowest BCUT2D eigenvalue weighted by Crippen LogP contribution is -2.15. The summed E-state index contributed by atoms with van der Waals surface area (Å²) in [6.45, 7) is 6.91. The van der Waals surface area contributed by atoms with E-state index in [9.17, 15) is 0 Å². The van der Waals surface area contributed by atoms with Crippen LogP contribution in [-0.4, -0.2) is 0 Å². The number of benzene rings is 1. The van der Waals surface area contributed by atoms with Crippen molar-refractivity contribution in [2.45, 2.75) is 26.2 Å². The zero-order valence-electron chi connectivity index (χ0n) is 10.7. The molecule has 17 heavy (non-hydrogen) atoms. The molecular formula is C17H18. The largest absolute Gasteiger partial charge is 0.0779 e. The maximum Gasteiger partial charge on any atom is 0.0155 e. The molecule has 0 N–H and O–H groups in total. The van der Waals surface area contributed by atoms with Crippen LogP contribution >= 0.6 is 0 Å². The minimum atomic E-state index is 0.142. The Morgan fingerprint density at radius 3 is 2.71 bits per heavy atom. The van der Waals surface area contributed by atoms with Crippen molar-refractivity contribution in [1.29, 1.82) is 0 Å². The highest BCUT2D eigenvalue weighted by atomic mass is 14.4. The van der Waals surface area contributed by atoms with Crippen LogP contribution in [0.5, 0.6) is 0 Å². The molecule has 0 heterocycles.